The summed E-state index contributed by atoms with van der Waals surface area (Å²) in [5, 5.41) is 9.72. The van der Waals surface area contributed by atoms with Crippen LogP contribution in [0.1, 0.15) is 17.5 Å². The van der Waals surface area contributed by atoms with E-state index in [-0.39, 0.29) is 10.8 Å². The van der Waals surface area contributed by atoms with Crippen molar-refractivity contribution in [3.8, 4) is 6.07 Å². The maximum Gasteiger partial charge on any atom is 0.0948 e. The standard InChI is InChI=1S/C15H13NO/c16-9-15-7-12-8-17-10-14(12,15)6-5-11-3-1-2-4-13(11)15/h1-6,12H,7-8,10H2/t12-,14+,15+/m1/s1. The lowest BCUT2D eigenvalue weighted by molar-refractivity contribution is 0.0371. The number of fused-ring (bicyclic) bond motifs is 2. The van der Waals surface area contributed by atoms with E-state index in [9.17, 15) is 5.26 Å². The molecule has 1 saturated carbocycles. The number of nitrogens with zero attached hydrogens (tertiary/aromatic N) is 1. The Kier molecular flexibility index (Phi) is 1.56. The highest BCUT2D eigenvalue weighted by molar-refractivity contribution is 5.66. The number of hydrogen-bond donors (Lipinski definition) is 0. The molecule has 1 spiro atoms. The molecule has 1 aliphatic heterocycles. The third-order valence-corrected chi connectivity index (χ3v) is 4.91. The molecule has 2 nitrogen and oxygen atoms in total. The zero-order chi connectivity index (χ0) is 11.5. The number of ether oxygens (including phenoxy) is 1. The van der Waals surface area contributed by atoms with Crippen LogP contribution < -0.4 is 0 Å². The second-order valence-corrected chi connectivity index (χ2v) is 5.39. The second-order valence-electron chi connectivity index (χ2n) is 5.39. The van der Waals surface area contributed by atoms with Crippen molar-refractivity contribution in [2.24, 2.45) is 11.3 Å². The molecule has 1 aromatic carbocycles. The first kappa shape index (κ1) is 9.44. The molecule has 0 N–H and O–H groups in total. The van der Waals surface area contributed by atoms with Crippen molar-refractivity contribution in [3.63, 3.8) is 0 Å². The monoisotopic (exact) mass is 223 g/mol. The van der Waals surface area contributed by atoms with Gasteiger partial charge in [0.25, 0.3) is 0 Å². The quantitative estimate of drug-likeness (QED) is 0.677. The average molecular weight is 223 g/mol. The van der Waals surface area contributed by atoms with E-state index in [1.165, 1.54) is 11.1 Å². The van der Waals surface area contributed by atoms with Crippen LogP contribution in [0.4, 0.5) is 0 Å². The summed E-state index contributed by atoms with van der Waals surface area (Å²) >= 11 is 0. The predicted octanol–water partition coefficient (Wildman–Crippen LogP) is 2.51. The zero-order valence-electron chi connectivity index (χ0n) is 9.52. The molecule has 0 amide bonds. The van der Waals surface area contributed by atoms with Crippen LogP contribution in [0.25, 0.3) is 6.08 Å². The van der Waals surface area contributed by atoms with Gasteiger partial charge in [-0.25, -0.2) is 0 Å². The Morgan fingerprint density at radius 1 is 1.35 bits per heavy atom. The fourth-order valence-corrected chi connectivity index (χ4v) is 3.94. The van der Waals surface area contributed by atoms with Gasteiger partial charge in [-0.05, 0) is 23.5 Å². The topological polar surface area (TPSA) is 33.0 Å². The molecule has 84 valence electrons. The number of nitriles is 1. The highest BCUT2D eigenvalue weighted by Crippen LogP contribution is 2.67. The molecule has 0 bridgehead atoms. The van der Waals surface area contributed by atoms with Gasteiger partial charge in [-0.1, -0.05) is 36.4 Å². The second kappa shape index (κ2) is 2.80. The van der Waals surface area contributed by atoms with Crippen LogP contribution in [0.5, 0.6) is 0 Å². The predicted molar refractivity (Wildman–Crippen MR) is 64.1 cm³/mol. The molecule has 2 heteroatoms. The van der Waals surface area contributed by atoms with E-state index in [4.69, 9.17) is 4.74 Å². The summed E-state index contributed by atoms with van der Waals surface area (Å²) in [4.78, 5) is 0. The smallest absolute Gasteiger partial charge is 0.0948 e. The summed E-state index contributed by atoms with van der Waals surface area (Å²) in [6.07, 6.45) is 5.36. The molecule has 1 saturated heterocycles. The van der Waals surface area contributed by atoms with Crippen LogP contribution in [-0.4, -0.2) is 13.2 Å². The summed E-state index contributed by atoms with van der Waals surface area (Å²) in [5.41, 5.74) is 2.02. The molecule has 3 aliphatic rings. The molecule has 3 atom stereocenters. The SMILES string of the molecule is N#C[C@]12C[C@@H]3COC[C@@]31C=Cc1ccccc12. The molecule has 2 aliphatic carbocycles. The lowest BCUT2D eigenvalue weighted by Gasteiger charge is -2.57. The minimum atomic E-state index is -0.334. The van der Waals surface area contributed by atoms with Crippen molar-refractivity contribution in [1.29, 1.82) is 5.26 Å². The van der Waals surface area contributed by atoms with Crippen LogP contribution >= 0.6 is 0 Å². The average Bonchev–Trinajstić information content (AvgIpc) is 2.67. The summed E-state index contributed by atoms with van der Waals surface area (Å²) in [6.45, 7) is 1.52. The van der Waals surface area contributed by atoms with Gasteiger partial charge in [0.2, 0.25) is 0 Å². The lowest BCUT2D eigenvalue weighted by atomic mass is 9.41. The van der Waals surface area contributed by atoms with Crippen molar-refractivity contribution in [3.05, 3.63) is 41.5 Å². The molecule has 2 fully saturated rings. The Hall–Kier alpha value is -1.59. The molecule has 1 aromatic rings. The third-order valence-electron chi connectivity index (χ3n) is 4.91. The van der Waals surface area contributed by atoms with Gasteiger partial charge in [-0.2, -0.15) is 5.26 Å². The van der Waals surface area contributed by atoms with Crippen LogP contribution in [0.3, 0.4) is 0 Å². The van der Waals surface area contributed by atoms with Crippen molar-refractivity contribution in [2.45, 2.75) is 11.8 Å². The van der Waals surface area contributed by atoms with E-state index in [0.29, 0.717) is 12.5 Å². The van der Waals surface area contributed by atoms with Gasteiger partial charge in [0, 0.05) is 5.41 Å². The highest BCUT2D eigenvalue weighted by atomic mass is 16.5. The summed E-state index contributed by atoms with van der Waals surface area (Å²) in [5.74, 6) is 0.534. The van der Waals surface area contributed by atoms with E-state index in [1.807, 2.05) is 12.1 Å². The van der Waals surface area contributed by atoms with Gasteiger partial charge in [-0.15, -0.1) is 0 Å². The summed E-state index contributed by atoms with van der Waals surface area (Å²) in [6, 6.07) is 10.9. The zero-order valence-corrected chi connectivity index (χ0v) is 9.52. The Bertz CT molecular complexity index is 571. The van der Waals surface area contributed by atoms with Gasteiger partial charge < -0.3 is 4.74 Å². The van der Waals surface area contributed by atoms with Gasteiger partial charge >= 0.3 is 0 Å². The molecule has 1 heterocycles. The van der Waals surface area contributed by atoms with Crippen LogP contribution in [0.15, 0.2) is 30.3 Å². The van der Waals surface area contributed by atoms with Crippen molar-refractivity contribution >= 4 is 6.08 Å². The highest BCUT2D eigenvalue weighted by Gasteiger charge is 2.69. The summed E-state index contributed by atoms with van der Waals surface area (Å²) < 4.78 is 5.63. The molecule has 0 unspecified atom stereocenters. The normalized spacial score (nSPS) is 40.8. The van der Waals surface area contributed by atoms with E-state index >= 15 is 0 Å². The molecule has 0 radical (unpaired) electrons. The Balaban J connectivity index is 1.99. The minimum absolute atomic E-state index is 0.0455. The van der Waals surface area contributed by atoms with E-state index in [1.54, 1.807) is 0 Å². The molecular formula is C15H13NO. The first-order valence-electron chi connectivity index (χ1n) is 6.10. The van der Waals surface area contributed by atoms with Gasteiger partial charge in [0.05, 0.1) is 24.7 Å². The lowest BCUT2D eigenvalue weighted by Crippen LogP contribution is -2.60. The Morgan fingerprint density at radius 2 is 2.24 bits per heavy atom. The van der Waals surface area contributed by atoms with Crippen LogP contribution in [0, 0.1) is 22.7 Å². The fourth-order valence-electron chi connectivity index (χ4n) is 3.94. The Labute approximate surface area is 101 Å². The number of benzene rings is 1. The molecule has 17 heavy (non-hydrogen) atoms. The fraction of sp³-hybridized carbons (Fsp3) is 0.400. The minimum Gasteiger partial charge on any atom is -0.380 e. The van der Waals surface area contributed by atoms with Crippen LogP contribution in [0.2, 0.25) is 0 Å². The van der Waals surface area contributed by atoms with Crippen molar-refractivity contribution in [1.82, 2.24) is 0 Å². The third kappa shape index (κ3) is 0.840. The van der Waals surface area contributed by atoms with E-state index in [2.05, 4.69) is 30.4 Å². The van der Waals surface area contributed by atoms with Gasteiger partial charge in [-0.3, -0.25) is 0 Å². The Morgan fingerprint density at radius 3 is 3.06 bits per heavy atom. The maximum atomic E-state index is 9.72. The first-order valence-corrected chi connectivity index (χ1v) is 6.10. The molecule has 0 aromatic heterocycles. The van der Waals surface area contributed by atoms with Crippen molar-refractivity contribution in [2.75, 3.05) is 13.2 Å². The maximum absolute atomic E-state index is 9.72. The van der Waals surface area contributed by atoms with E-state index in [0.717, 1.165) is 13.0 Å². The number of hydrogen-bond acceptors (Lipinski definition) is 2. The molecule has 4 rings (SSSR count). The van der Waals surface area contributed by atoms with E-state index < -0.39 is 0 Å². The van der Waals surface area contributed by atoms with Gasteiger partial charge in [0.1, 0.15) is 0 Å². The van der Waals surface area contributed by atoms with Crippen molar-refractivity contribution < 1.29 is 4.74 Å². The number of rotatable bonds is 0. The van der Waals surface area contributed by atoms with Gasteiger partial charge in [0.15, 0.2) is 0 Å². The summed E-state index contributed by atoms with van der Waals surface area (Å²) in [7, 11) is 0. The largest absolute Gasteiger partial charge is 0.380 e. The van der Waals surface area contributed by atoms with Crippen LogP contribution in [-0.2, 0) is 10.2 Å². The first-order chi connectivity index (χ1) is 8.32. The molecular weight excluding hydrogens is 210 g/mol.